The molecule has 0 saturated heterocycles. The molecule has 3 rings (SSSR count). The van der Waals surface area contributed by atoms with Gasteiger partial charge in [-0.3, -0.25) is 4.79 Å². The molecule has 1 aromatic heterocycles. The minimum Gasteiger partial charge on any atom is -0.483 e. The average molecular weight is 445 g/mol. The molecule has 1 amide bonds. The summed E-state index contributed by atoms with van der Waals surface area (Å²) in [6.07, 6.45) is 0.668. The van der Waals surface area contributed by atoms with Gasteiger partial charge in [-0.25, -0.2) is 0 Å². The van der Waals surface area contributed by atoms with E-state index < -0.39 is 0 Å². The Morgan fingerprint density at radius 3 is 2.63 bits per heavy atom. The van der Waals surface area contributed by atoms with Crippen molar-refractivity contribution in [2.24, 2.45) is 7.05 Å². The topological polar surface area (TPSA) is 69.0 Å². The highest BCUT2D eigenvalue weighted by Crippen LogP contribution is 2.26. The average Bonchev–Trinajstić information content (AvgIpc) is 3.10. The third-order valence-corrected chi connectivity index (χ3v) is 6.10. The fourth-order valence-electron chi connectivity index (χ4n) is 2.90. The summed E-state index contributed by atoms with van der Waals surface area (Å²) in [5, 5.41) is 12.7. The van der Waals surface area contributed by atoms with Gasteiger partial charge < -0.3 is 14.6 Å². The summed E-state index contributed by atoms with van der Waals surface area (Å²) in [4.78, 5) is 12.3. The van der Waals surface area contributed by atoms with Gasteiger partial charge in [-0.05, 0) is 61.7 Å². The molecule has 0 saturated carbocycles. The summed E-state index contributed by atoms with van der Waals surface area (Å²) in [6, 6.07) is 13.4. The summed E-state index contributed by atoms with van der Waals surface area (Å²) in [6.45, 7) is 5.94. The second-order valence-electron chi connectivity index (χ2n) is 6.96. The van der Waals surface area contributed by atoms with E-state index in [1.807, 2.05) is 67.9 Å². The van der Waals surface area contributed by atoms with Gasteiger partial charge in [-0.2, -0.15) is 0 Å². The summed E-state index contributed by atoms with van der Waals surface area (Å²) < 4.78 is 7.83. The van der Waals surface area contributed by atoms with Crippen LogP contribution in [-0.4, -0.2) is 26.4 Å². The zero-order chi connectivity index (χ0) is 21.7. The fourth-order valence-corrected chi connectivity index (χ4v) is 3.74. The van der Waals surface area contributed by atoms with E-state index >= 15 is 0 Å². The Kier molecular flexibility index (Phi) is 7.39. The van der Waals surface area contributed by atoms with Crippen LogP contribution in [0.1, 0.15) is 36.9 Å². The summed E-state index contributed by atoms with van der Waals surface area (Å²) in [5.41, 5.74) is 2.97. The van der Waals surface area contributed by atoms with Crippen LogP contribution in [0.4, 0.5) is 5.69 Å². The Morgan fingerprint density at radius 1 is 1.23 bits per heavy atom. The highest BCUT2D eigenvalue weighted by atomic mass is 35.5. The predicted molar refractivity (Wildman–Crippen MR) is 121 cm³/mol. The van der Waals surface area contributed by atoms with Gasteiger partial charge in [0.05, 0.1) is 5.75 Å². The molecule has 0 radical (unpaired) electrons. The predicted octanol–water partition coefficient (Wildman–Crippen LogP) is 5.21. The number of benzene rings is 2. The molecule has 0 bridgehead atoms. The lowest BCUT2D eigenvalue weighted by atomic mass is 10.1. The van der Waals surface area contributed by atoms with Crippen molar-refractivity contribution in [1.29, 1.82) is 0 Å². The summed E-state index contributed by atoms with van der Waals surface area (Å²) >= 11 is 7.41. The van der Waals surface area contributed by atoms with E-state index in [9.17, 15) is 4.79 Å². The monoisotopic (exact) mass is 444 g/mol. The van der Waals surface area contributed by atoms with E-state index in [0.717, 1.165) is 23.4 Å². The van der Waals surface area contributed by atoms with E-state index in [0.29, 0.717) is 16.0 Å². The highest BCUT2D eigenvalue weighted by molar-refractivity contribution is 7.99. The molecule has 0 aliphatic rings. The first-order valence-corrected chi connectivity index (χ1v) is 11.1. The molecule has 8 heteroatoms. The Balaban J connectivity index is 1.57. The van der Waals surface area contributed by atoms with Gasteiger partial charge in [-0.1, -0.05) is 42.4 Å². The van der Waals surface area contributed by atoms with Crippen molar-refractivity contribution in [1.82, 2.24) is 14.8 Å². The number of thioether (sulfide) groups is 1. The van der Waals surface area contributed by atoms with Gasteiger partial charge >= 0.3 is 0 Å². The van der Waals surface area contributed by atoms with Gasteiger partial charge in [0.25, 0.3) is 0 Å². The lowest BCUT2D eigenvalue weighted by Gasteiger charge is -2.15. The van der Waals surface area contributed by atoms with Gasteiger partial charge in [0.1, 0.15) is 5.75 Å². The van der Waals surface area contributed by atoms with Crippen LogP contribution in [0.2, 0.25) is 5.02 Å². The molecule has 1 atom stereocenters. The zero-order valence-electron chi connectivity index (χ0n) is 17.5. The Bertz CT molecular complexity index is 1020. The summed E-state index contributed by atoms with van der Waals surface area (Å²) in [7, 11) is 1.87. The number of nitrogens with one attached hydrogen (secondary N) is 1. The Hall–Kier alpha value is -2.51. The maximum absolute atomic E-state index is 12.3. The lowest BCUT2D eigenvalue weighted by molar-refractivity contribution is -0.113. The van der Waals surface area contributed by atoms with E-state index in [2.05, 4.69) is 22.4 Å². The number of carbonyl (C=O) groups excluding carboxylic acids is 1. The SMILES string of the molecule is CCc1ccc(NC(=O)CSc2nnc(C(C)Oc3ccc(Cl)c(C)c3)n2C)cc1. The number of ether oxygens (including phenoxy) is 1. The first kappa shape index (κ1) is 22.2. The van der Waals surface area contributed by atoms with Crippen molar-refractivity contribution in [3.63, 3.8) is 0 Å². The number of hydrogen-bond donors (Lipinski definition) is 1. The van der Waals surface area contributed by atoms with Crippen molar-refractivity contribution >= 4 is 35.0 Å². The molecule has 0 spiro atoms. The maximum Gasteiger partial charge on any atom is 0.234 e. The highest BCUT2D eigenvalue weighted by Gasteiger charge is 2.18. The quantitative estimate of drug-likeness (QED) is 0.483. The van der Waals surface area contributed by atoms with Crippen molar-refractivity contribution in [2.75, 3.05) is 11.1 Å². The van der Waals surface area contributed by atoms with Crippen LogP contribution in [0.5, 0.6) is 5.75 Å². The molecule has 0 aliphatic carbocycles. The van der Waals surface area contributed by atoms with Gasteiger partial charge in [0.15, 0.2) is 17.1 Å². The molecular formula is C22H25ClN4O2S. The standard InChI is InChI=1S/C22H25ClN4O2S/c1-5-16-6-8-17(9-7-16)24-20(28)13-30-22-26-25-21(27(22)4)15(3)29-18-10-11-19(23)14(2)12-18/h6-12,15H,5,13H2,1-4H3,(H,24,28). The van der Waals surface area contributed by atoms with E-state index in [-0.39, 0.29) is 17.8 Å². The van der Waals surface area contributed by atoms with E-state index in [1.54, 1.807) is 0 Å². The minimum absolute atomic E-state index is 0.0882. The molecule has 6 nitrogen and oxygen atoms in total. The third kappa shape index (κ3) is 5.55. The van der Waals surface area contributed by atoms with Crippen LogP contribution in [0.25, 0.3) is 0 Å². The smallest absolute Gasteiger partial charge is 0.234 e. The maximum atomic E-state index is 12.3. The van der Waals surface area contributed by atoms with Crippen molar-refractivity contribution < 1.29 is 9.53 Å². The van der Waals surface area contributed by atoms with Crippen molar-refractivity contribution in [3.05, 3.63) is 64.4 Å². The number of hydrogen-bond acceptors (Lipinski definition) is 5. The second kappa shape index (κ2) is 10.00. The molecule has 0 aliphatic heterocycles. The molecule has 30 heavy (non-hydrogen) atoms. The number of anilines is 1. The van der Waals surface area contributed by atoms with Gasteiger partial charge in [0.2, 0.25) is 5.91 Å². The molecular weight excluding hydrogens is 420 g/mol. The largest absolute Gasteiger partial charge is 0.483 e. The van der Waals surface area contributed by atoms with Crippen LogP contribution in [0.15, 0.2) is 47.6 Å². The number of aryl methyl sites for hydroxylation is 2. The third-order valence-electron chi connectivity index (χ3n) is 4.65. The van der Waals surface area contributed by atoms with Gasteiger partial charge in [0, 0.05) is 17.8 Å². The number of nitrogens with zero attached hydrogens (tertiary/aromatic N) is 3. The zero-order valence-corrected chi connectivity index (χ0v) is 19.0. The molecule has 3 aromatic rings. The molecule has 158 valence electrons. The Morgan fingerprint density at radius 2 is 1.97 bits per heavy atom. The first-order chi connectivity index (χ1) is 14.4. The first-order valence-electron chi connectivity index (χ1n) is 9.71. The van der Waals surface area contributed by atoms with Crippen LogP contribution in [0, 0.1) is 6.92 Å². The molecule has 1 unspecified atom stereocenters. The van der Waals surface area contributed by atoms with E-state index in [4.69, 9.17) is 16.3 Å². The van der Waals surface area contributed by atoms with Crippen LogP contribution in [0.3, 0.4) is 0 Å². The molecule has 1 N–H and O–H groups in total. The van der Waals surface area contributed by atoms with Gasteiger partial charge in [-0.15, -0.1) is 10.2 Å². The molecule has 2 aromatic carbocycles. The molecule has 1 heterocycles. The second-order valence-corrected chi connectivity index (χ2v) is 8.31. The van der Waals surface area contributed by atoms with E-state index in [1.165, 1.54) is 17.3 Å². The van der Waals surface area contributed by atoms with Crippen molar-refractivity contribution in [3.8, 4) is 5.75 Å². The fraction of sp³-hybridized carbons (Fsp3) is 0.318. The van der Waals surface area contributed by atoms with Crippen LogP contribution < -0.4 is 10.1 Å². The number of amides is 1. The molecule has 0 fully saturated rings. The number of rotatable bonds is 8. The number of carbonyl (C=O) groups is 1. The minimum atomic E-state index is -0.302. The number of aromatic nitrogens is 3. The summed E-state index contributed by atoms with van der Waals surface area (Å²) in [5.74, 6) is 1.55. The Labute approximate surface area is 186 Å². The normalized spacial score (nSPS) is 11.9. The van der Waals surface area contributed by atoms with Crippen LogP contribution >= 0.6 is 23.4 Å². The lowest BCUT2D eigenvalue weighted by Crippen LogP contribution is -2.15. The van der Waals surface area contributed by atoms with Crippen molar-refractivity contribution in [2.45, 2.75) is 38.5 Å². The van der Waals surface area contributed by atoms with Crippen LogP contribution in [-0.2, 0) is 18.3 Å². The number of halogens is 1.